The van der Waals surface area contributed by atoms with Gasteiger partial charge in [0.05, 0.1) is 21.3 Å². The first-order chi connectivity index (χ1) is 11.6. The van der Waals surface area contributed by atoms with Gasteiger partial charge >= 0.3 is 16.3 Å². The summed E-state index contributed by atoms with van der Waals surface area (Å²) in [5.41, 5.74) is -0.943. The van der Waals surface area contributed by atoms with E-state index >= 15 is 0 Å². The van der Waals surface area contributed by atoms with Crippen LogP contribution in [0.2, 0.25) is 5.02 Å². The highest BCUT2D eigenvalue weighted by Crippen LogP contribution is 2.37. The second kappa shape index (κ2) is 6.13. The molecule has 0 spiro atoms. The van der Waals surface area contributed by atoms with E-state index in [9.17, 15) is 21.6 Å². The third kappa shape index (κ3) is 3.56. The number of para-hydroxylation sites is 1. The molecule has 0 atom stereocenters. The molecule has 0 bridgehead atoms. The molecule has 2 aromatic heterocycles. The van der Waals surface area contributed by atoms with Gasteiger partial charge < -0.3 is 0 Å². The van der Waals surface area contributed by atoms with Gasteiger partial charge in [0.1, 0.15) is 4.21 Å². The molecule has 3 rings (SSSR count). The lowest BCUT2D eigenvalue weighted by Crippen LogP contribution is -2.07. The third-order valence-electron chi connectivity index (χ3n) is 3.17. The molecular formula is C14H8ClF3N2O3S2. The fourth-order valence-electron chi connectivity index (χ4n) is 2.10. The SMILES string of the molecule is O=S(=O)(O)c1ccc(-c2cc(C(F)(F)F)nn2-c2ccccc2Cl)s1. The van der Waals surface area contributed by atoms with Gasteiger partial charge in [-0.2, -0.15) is 26.7 Å². The van der Waals surface area contributed by atoms with Crippen LogP contribution in [0.5, 0.6) is 0 Å². The molecule has 0 aliphatic rings. The van der Waals surface area contributed by atoms with Gasteiger partial charge in [-0.15, -0.1) is 11.3 Å². The quantitative estimate of drug-likeness (QED) is 0.647. The monoisotopic (exact) mass is 408 g/mol. The first-order valence-electron chi connectivity index (χ1n) is 6.57. The van der Waals surface area contributed by atoms with E-state index in [1.54, 1.807) is 12.1 Å². The van der Waals surface area contributed by atoms with Crippen molar-refractivity contribution in [2.75, 3.05) is 0 Å². The standard InChI is InChI=1S/C14H8ClF3N2O3S2/c15-8-3-1-2-4-9(8)20-10(7-12(19-20)14(16,17)18)11-5-6-13(24-11)25(21,22)23/h1-7H,(H,21,22,23). The topological polar surface area (TPSA) is 72.2 Å². The maximum atomic E-state index is 13.1. The molecule has 2 heterocycles. The van der Waals surface area contributed by atoms with Crippen molar-refractivity contribution in [3.8, 4) is 16.3 Å². The van der Waals surface area contributed by atoms with E-state index in [1.165, 1.54) is 18.2 Å². The zero-order valence-electron chi connectivity index (χ0n) is 12.0. The normalized spacial score (nSPS) is 12.5. The van der Waals surface area contributed by atoms with E-state index in [0.29, 0.717) is 11.3 Å². The fraction of sp³-hybridized carbons (Fsp3) is 0.0714. The first-order valence-corrected chi connectivity index (χ1v) is 9.20. The lowest BCUT2D eigenvalue weighted by molar-refractivity contribution is -0.141. The van der Waals surface area contributed by atoms with Gasteiger partial charge in [0.15, 0.2) is 5.69 Å². The van der Waals surface area contributed by atoms with Gasteiger partial charge in [-0.25, -0.2) is 4.68 Å². The second-order valence-electron chi connectivity index (χ2n) is 4.87. The van der Waals surface area contributed by atoms with Crippen LogP contribution in [0.3, 0.4) is 0 Å². The summed E-state index contributed by atoms with van der Waals surface area (Å²) in [4.78, 5) is 0.176. The summed E-state index contributed by atoms with van der Waals surface area (Å²) in [5, 5.41) is 3.74. The number of hydrogen-bond acceptors (Lipinski definition) is 4. The molecule has 0 unspecified atom stereocenters. The Morgan fingerprint density at radius 2 is 1.84 bits per heavy atom. The van der Waals surface area contributed by atoms with Crippen molar-refractivity contribution in [1.29, 1.82) is 0 Å². The maximum Gasteiger partial charge on any atom is 0.435 e. The van der Waals surface area contributed by atoms with Crippen molar-refractivity contribution in [3.63, 3.8) is 0 Å². The highest BCUT2D eigenvalue weighted by atomic mass is 35.5. The lowest BCUT2D eigenvalue weighted by atomic mass is 10.2. The number of aromatic nitrogens is 2. The summed E-state index contributed by atoms with van der Waals surface area (Å²) in [5.74, 6) is 0. The molecule has 5 nitrogen and oxygen atoms in total. The molecule has 132 valence electrons. The largest absolute Gasteiger partial charge is 0.435 e. The number of rotatable bonds is 3. The lowest BCUT2D eigenvalue weighted by Gasteiger charge is -2.08. The van der Waals surface area contributed by atoms with Crippen molar-refractivity contribution in [2.45, 2.75) is 10.4 Å². The van der Waals surface area contributed by atoms with E-state index in [4.69, 9.17) is 16.2 Å². The molecule has 1 aromatic carbocycles. The molecule has 0 aliphatic carbocycles. The Morgan fingerprint density at radius 1 is 1.16 bits per heavy atom. The van der Waals surface area contributed by atoms with Crippen LogP contribution in [0.25, 0.3) is 16.3 Å². The minimum Gasteiger partial charge on any atom is -0.281 e. The Labute approximate surface area is 149 Å². The highest BCUT2D eigenvalue weighted by Gasteiger charge is 2.35. The average molecular weight is 409 g/mol. The van der Waals surface area contributed by atoms with Crippen LogP contribution in [0.4, 0.5) is 13.2 Å². The van der Waals surface area contributed by atoms with E-state index in [1.807, 2.05) is 0 Å². The molecule has 1 N–H and O–H groups in total. The van der Waals surface area contributed by atoms with Crippen LogP contribution in [0.1, 0.15) is 5.69 Å². The van der Waals surface area contributed by atoms with Crippen molar-refractivity contribution in [2.24, 2.45) is 0 Å². The molecule has 0 saturated heterocycles. The van der Waals surface area contributed by atoms with Crippen molar-refractivity contribution < 1.29 is 26.1 Å². The van der Waals surface area contributed by atoms with E-state index < -0.39 is 22.0 Å². The van der Waals surface area contributed by atoms with Crippen LogP contribution in [0.15, 0.2) is 46.7 Å². The van der Waals surface area contributed by atoms with Crippen molar-refractivity contribution in [3.05, 3.63) is 53.2 Å². The smallest absolute Gasteiger partial charge is 0.281 e. The van der Waals surface area contributed by atoms with E-state index in [2.05, 4.69) is 5.10 Å². The minimum atomic E-state index is -4.69. The predicted octanol–water partition coefficient (Wildman–Crippen LogP) is 4.52. The van der Waals surface area contributed by atoms with Crippen LogP contribution < -0.4 is 0 Å². The number of hydrogen-bond donors (Lipinski definition) is 1. The second-order valence-corrected chi connectivity index (χ2v) is 8.01. The molecule has 0 fully saturated rings. The summed E-state index contributed by atoms with van der Waals surface area (Å²) < 4.78 is 71.3. The Bertz CT molecular complexity index is 1040. The number of thiophene rings is 1. The summed E-state index contributed by atoms with van der Waals surface area (Å²) in [6.45, 7) is 0. The number of benzene rings is 1. The van der Waals surface area contributed by atoms with Gasteiger partial charge in [-0.05, 0) is 30.3 Å². The van der Waals surface area contributed by atoms with Gasteiger partial charge in [-0.1, -0.05) is 23.7 Å². The summed E-state index contributed by atoms with van der Waals surface area (Å²) in [7, 11) is -4.46. The third-order valence-corrected chi connectivity index (χ3v) is 5.92. The summed E-state index contributed by atoms with van der Waals surface area (Å²) in [6.07, 6.45) is -4.69. The van der Waals surface area contributed by atoms with Crippen molar-refractivity contribution in [1.82, 2.24) is 9.78 Å². The average Bonchev–Trinajstić information content (AvgIpc) is 3.13. The molecule has 0 radical (unpaired) electrons. The van der Waals surface area contributed by atoms with Gasteiger partial charge in [-0.3, -0.25) is 4.55 Å². The highest BCUT2D eigenvalue weighted by molar-refractivity contribution is 7.88. The number of halogens is 4. The molecular weight excluding hydrogens is 401 g/mol. The van der Waals surface area contributed by atoms with Crippen molar-refractivity contribution >= 4 is 33.1 Å². The maximum absolute atomic E-state index is 13.1. The molecule has 0 amide bonds. The van der Waals surface area contributed by atoms with E-state index in [0.717, 1.165) is 16.8 Å². The predicted molar refractivity (Wildman–Crippen MR) is 86.7 cm³/mol. The van der Waals surface area contributed by atoms with Gasteiger partial charge in [0, 0.05) is 0 Å². The molecule has 11 heteroatoms. The Kier molecular flexibility index (Phi) is 4.40. The zero-order chi connectivity index (χ0) is 18.4. The van der Waals surface area contributed by atoms with E-state index in [-0.39, 0.29) is 25.5 Å². The molecule has 3 aromatic rings. The number of nitrogens with zero attached hydrogens (tertiary/aromatic N) is 2. The van der Waals surface area contributed by atoms with Crippen LogP contribution in [-0.4, -0.2) is 22.8 Å². The molecule has 0 saturated carbocycles. The Hall–Kier alpha value is -1.88. The fourth-order valence-corrected chi connectivity index (χ4v) is 3.98. The minimum absolute atomic E-state index is 0.000301. The Balaban J connectivity index is 2.24. The zero-order valence-corrected chi connectivity index (χ0v) is 14.4. The van der Waals surface area contributed by atoms with Crippen LogP contribution in [0, 0.1) is 0 Å². The van der Waals surface area contributed by atoms with Gasteiger partial charge in [0.2, 0.25) is 0 Å². The van der Waals surface area contributed by atoms with Gasteiger partial charge in [0.25, 0.3) is 0 Å². The molecule has 25 heavy (non-hydrogen) atoms. The first kappa shape index (κ1) is 17.9. The number of alkyl halides is 3. The summed E-state index contributed by atoms with van der Waals surface area (Å²) >= 11 is 6.67. The summed E-state index contributed by atoms with van der Waals surface area (Å²) in [6, 6.07) is 9.36. The molecule has 0 aliphatic heterocycles. The Morgan fingerprint density at radius 3 is 2.40 bits per heavy atom. The van der Waals surface area contributed by atoms with Crippen LogP contribution in [-0.2, 0) is 16.3 Å². The van der Waals surface area contributed by atoms with Crippen LogP contribution >= 0.6 is 22.9 Å².